The van der Waals surface area contributed by atoms with Crippen LogP contribution in [0.2, 0.25) is 15.1 Å². The lowest BCUT2D eigenvalue weighted by molar-refractivity contribution is 0.103. The molecule has 3 aromatic rings. The number of anilines is 2. The molecule has 1 amide bonds. The van der Waals surface area contributed by atoms with Crippen LogP contribution in [0, 0.1) is 13.8 Å². The molecule has 3 rings (SSSR count). The molecule has 0 radical (unpaired) electrons. The molecule has 0 bridgehead atoms. The van der Waals surface area contributed by atoms with Crippen LogP contribution in [0.4, 0.5) is 11.4 Å². The average Bonchev–Trinajstić information content (AvgIpc) is 2.79. The van der Waals surface area contributed by atoms with Gasteiger partial charge in [-0.15, -0.1) is 11.3 Å². The minimum Gasteiger partial charge on any atom is -0.397 e. The summed E-state index contributed by atoms with van der Waals surface area (Å²) in [6.45, 7) is 3.84. The lowest BCUT2D eigenvalue weighted by atomic mass is 10.1. The van der Waals surface area contributed by atoms with E-state index in [2.05, 4.69) is 10.3 Å². The van der Waals surface area contributed by atoms with Gasteiger partial charge in [-0.25, -0.2) is 4.98 Å². The predicted octanol–water partition coefficient (Wildman–Crippen LogP) is 5.71. The Balaban J connectivity index is 2.04. The molecule has 0 saturated heterocycles. The van der Waals surface area contributed by atoms with Gasteiger partial charge in [0.25, 0.3) is 5.91 Å². The summed E-state index contributed by atoms with van der Waals surface area (Å²) in [6, 6.07) is 4.95. The maximum atomic E-state index is 12.6. The molecule has 3 N–H and O–H groups in total. The molecule has 2 aromatic heterocycles. The number of aromatic nitrogens is 1. The first-order valence-corrected chi connectivity index (χ1v) is 8.85. The lowest BCUT2D eigenvalue weighted by Crippen LogP contribution is -2.12. The van der Waals surface area contributed by atoms with Crippen molar-refractivity contribution in [3.63, 3.8) is 0 Å². The Morgan fingerprint density at radius 3 is 2.42 bits per heavy atom. The van der Waals surface area contributed by atoms with Crippen molar-refractivity contribution < 1.29 is 4.79 Å². The van der Waals surface area contributed by atoms with Crippen LogP contribution in [-0.2, 0) is 0 Å². The van der Waals surface area contributed by atoms with Crippen LogP contribution in [0.15, 0.2) is 18.2 Å². The average molecular weight is 401 g/mol. The first-order chi connectivity index (χ1) is 11.3. The largest absolute Gasteiger partial charge is 0.397 e. The van der Waals surface area contributed by atoms with Crippen molar-refractivity contribution in [2.75, 3.05) is 11.1 Å². The van der Waals surface area contributed by atoms with E-state index in [-0.39, 0.29) is 10.0 Å². The summed E-state index contributed by atoms with van der Waals surface area (Å²) in [7, 11) is 0. The van der Waals surface area contributed by atoms with E-state index >= 15 is 0 Å². The topological polar surface area (TPSA) is 68.0 Å². The predicted molar refractivity (Wildman–Crippen MR) is 103 cm³/mol. The number of hydrogen-bond donors (Lipinski definition) is 2. The number of carbonyl (C=O) groups is 1. The number of benzene rings is 1. The van der Waals surface area contributed by atoms with Gasteiger partial charge in [0.05, 0.1) is 21.4 Å². The quantitative estimate of drug-likeness (QED) is 0.579. The molecule has 24 heavy (non-hydrogen) atoms. The molecular formula is C16H12Cl3N3OS. The molecule has 0 spiro atoms. The van der Waals surface area contributed by atoms with Gasteiger partial charge in [0, 0.05) is 16.1 Å². The van der Waals surface area contributed by atoms with Gasteiger partial charge in [0.1, 0.15) is 9.71 Å². The summed E-state index contributed by atoms with van der Waals surface area (Å²) >= 11 is 19.3. The molecule has 0 aliphatic carbocycles. The van der Waals surface area contributed by atoms with Gasteiger partial charge >= 0.3 is 0 Å². The zero-order chi connectivity index (χ0) is 17.6. The van der Waals surface area contributed by atoms with Crippen LogP contribution in [0.5, 0.6) is 0 Å². The van der Waals surface area contributed by atoms with Gasteiger partial charge in [0.15, 0.2) is 0 Å². The van der Waals surface area contributed by atoms with Crippen LogP contribution in [-0.4, -0.2) is 10.9 Å². The van der Waals surface area contributed by atoms with E-state index in [1.807, 2.05) is 19.9 Å². The van der Waals surface area contributed by atoms with Crippen molar-refractivity contribution in [3.05, 3.63) is 49.4 Å². The van der Waals surface area contributed by atoms with E-state index in [0.717, 1.165) is 21.5 Å². The third-order valence-electron chi connectivity index (χ3n) is 3.48. The highest BCUT2D eigenvalue weighted by atomic mass is 35.5. The van der Waals surface area contributed by atoms with E-state index in [1.54, 1.807) is 0 Å². The molecule has 1 aromatic carbocycles. The Morgan fingerprint density at radius 2 is 1.79 bits per heavy atom. The molecule has 0 fully saturated rings. The van der Waals surface area contributed by atoms with Crippen molar-refractivity contribution in [3.8, 4) is 0 Å². The number of pyridine rings is 1. The number of nitrogen functional groups attached to an aromatic ring is 1. The first kappa shape index (κ1) is 17.3. The SMILES string of the molecule is Cc1cc(C)c2c(N)c(C(=O)Nc3c(Cl)cc(Cl)cc3Cl)sc2n1. The fraction of sp³-hybridized carbons (Fsp3) is 0.125. The zero-order valence-electron chi connectivity index (χ0n) is 12.7. The number of nitrogens with one attached hydrogen (secondary N) is 1. The normalized spacial score (nSPS) is 11.0. The van der Waals surface area contributed by atoms with Crippen molar-refractivity contribution in [1.82, 2.24) is 4.98 Å². The number of nitrogens with two attached hydrogens (primary N) is 1. The van der Waals surface area contributed by atoms with E-state index in [1.165, 1.54) is 23.5 Å². The number of fused-ring (bicyclic) bond motifs is 1. The molecule has 0 aliphatic heterocycles. The number of carbonyl (C=O) groups excluding carboxylic acids is 1. The van der Waals surface area contributed by atoms with E-state index in [4.69, 9.17) is 40.5 Å². The minimum absolute atomic E-state index is 0.255. The second kappa shape index (κ2) is 6.41. The Morgan fingerprint density at radius 1 is 1.17 bits per heavy atom. The molecule has 4 nitrogen and oxygen atoms in total. The lowest BCUT2D eigenvalue weighted by Gasteiger charge is -2.09. The fourth-order valence-electron chi connectivity index (χ4n) is 2.47. The van der Waals surface area contributed by atoms with Crippen LogP contribution in [0.3, 0.4) is 0 Å². The van der Waals surface area contributed by atoms with E-state index < -0.39 is 5.91 Å². The van der Waals surface area contributed by atoms with Gasteiger partial charge in [-0.3, -0.25) is 4.79 Å². The van der Waals surface area contributed by atoms with Crippen molar-refractivity contribution in [2.45, 2.75) is 13.8 Å². The summed E-state index contributed by atoms with van der Waals surface area (Å²) < 4.78 is 0. The zero-order valence-corrected chi connectivity index (χ0v) is 15.8. The van der Waals surface area contributed by atoms with Gasteiger partial charge < -0.3 is 11.1 Å². The number of nitrogens with zero attached hydrogens (tertiary/aromatic N) is 1. The Kier molecular flexibility index (Phi) is 4.62. The van der Waals surface area contributed by atoms with Crippen molar-refractivity contribution in [1.29, 1.82) is 0 Å². The first-order valence-electron chi connectivity index (χ1n) is 6.90. The fourth-order valence-corrected chi connectivity index (χ4v) is 4.49. The Labute approximate surface area is 157 Å². The highest BCUT2D eigenvalue weighted by molar-refractivity contribution is 7.21. The number of amides is 1. The molecule has 2 heterocycles. The van der Waals surface area contributed by atoms with Crippen molar-refractivity contribution in [2.24, 2.45) is 0 Å². The van der Waals surface area contributed by atoms with Crippen LogP contribution in [0.1, 0.15) is 20.9 Å². The smallest absolute Gasteiger partial charge is 0.268 e. The molecule has 8 heteroatoms. The Bertz CT molecular complexity index is 961. The Hall–Kier alpha value is -1.53. The summed E-state index contributed by atoms with van der Waals surface area (Å²) in [5.74, 6) is -0.390. The maximum Gasteiger partial charge on any atom is 0.268 e. The number of rotatable bonds is 2. The van der Waals surface area contributed by atoms with Crippen LogP contribution < -0.4 is 11.1 Å². The molecule has 0 aliphatic rings. The second-order valence-corrected chi connectivity index (χ2v) is 7.55. The molecule has 0 atom stereocenters. The standard InChI is InChI=1S/C16H12Cl3N3OS/c1-6-3-7(2)21-16-11(6)12(20)14(24-16)15(23)22-13-9(18)4-8(17)5-10(13)19/h3-5H,20H2,1-2H3,(H,22,23). The molecule has 124 valence electrons. The molecule has 0 unspecified atom stereocenters. The third-order valence-corrected chi connectivity index (χ3v) is 5.39. The number of thiophene rings is 1. The third kappa shape index (κ3) is 3.05. The van der Waals surface area contributed by atoms with Gasteiger partial charge in [0.2, 0.25) is 0 Å². The summed E-state index contributed by atoms with van der Waals surface area (Å²) in [5, 5.41) is 4.39. The summed E-state index contributed by atoms with van der Waals surface area (Å²) in [4.78, 5) is 18.2. The van der Waals surface area contributed by atoms with E-state index in [9.17, 15) is 4.79 Å². The highest BCUT2D eigenvalue weighted by Crippen LogP contribution is 2.37. The van der Waals surface area contributed by atoms with E-state index in [0.29, 0.717) is 21.3 Å². The highest BCUT2D eigenvalue weighted by Gasteiger charge is 2.20. The number of hydrogen-bond acceptors (Lipinski definition) is 4. The minimum atomic E-state index is -0.390. The summed E-state index contributed by atoms with van der Waals surface area (Å²) in [6.07, 6.45) is 0. The van der Waals surface area contributed by atoms with Gasteiger partial charge in [-0.1, -0.05) is 34.8 Å². The van der Waals surface area contributed by atoms with Crippen molar-refractivity contribution >= 4 is 73.6 Å². The summed E-state index contributed by atoms with van der Waals surface area (Å²) in [5.41, 5.74) is 8.72. The molecular weight excluding hydrogens is 389 g/mol. The maximum absolute atomic E-state index is 12.6. The number of aryl methyl sites for hydroxylation is 2. The monoisotopic (exact) mass is 399 g/mol. The van der Waals surface area contributed by atoms with Gasteiger partial charge in [-0.2, -0.15) is 0 Å². The van der Waals surface area contributed by atoms with Gasteiger partial charge in [-0.05, 0) is 37.6 Å². The van der Waals surface area contributed by atoms with Crippen LogP contribution >= 0.6 is 46.1 Å². The second-order valence-electron chi connectivity index (χ2n) is 5.30. The molecule has 0 saturated carbocycles. The van der Waals surface area contributed by atoms with Crippen LogP contribution in [0.25, 0.3) is 10.2 Å². The number of halogens is 3.